The van der Waals surface area contributed by atoms with E-state index in [0.717, 1.165) is 12.8 Å². The number of carbonyl (C=O) groups excluding carboxylic acids is 1. The molecule has 0 bridgehead atoms. The molecule has 84 valence electrons. The van der Waals surface area contributed by atoms with Crippen molar-refractivity contribution in [3.05, 3.63) is 0 Å². The van der Waals surface area contributed by atoms with Crippen molar-refractivity contribution in [1.29, 1.82) is 0 Å². The summed E-state index contributed by atoms with van der Waals surface area (Å²) in [7, 11) is 0. The lowest BCUT2D eigenvalue weighted by molar-refractivity contribution is -0.138. The minimum Gasteiger partial charge on any atom is -0.481 e. The van der Waals surface area contributed by atoms with E-state index in [1.807, 2.05) is 0 Å². The standard InChI is InChI=1S/C10H15NO4/c1-10(5-4-8(12)13)6-11(7-2-3-7)9(14)15-10/h7H,2-6H2,1H3,(H,12,13). The highest BCUT2D eigenvalue weighted by atomic mass is 16.6. The van der Waals surface area contributed by atoms with Crippen molar-refractivity contribution in [2.75, 3.05) is 6.54 Å². The molecule has 5 nitrogen and oxygen atoms in total. The summed E-state index contributed by atoms with van der Waals surface area (Å²) in [5.74, 6) is -0.850. The highest BCUT2D eigenvalue weighted by Crippen LogP contribution is 2.35. The molecule has 0 aromatic rings. The Balaban J connectivity index is 1.93. The molecule has 0 aromatic heterocycles. The summed E-state index contributed by atoms with van der Waals surface area (Å²) in [6, 6.07) is 0.337. The van der Waals surface area contributed by atoms with Crippen molar-refractivity contribution in [1.82, 2.24) is 4.90 Å². The van der Waals surface area contributed by atoms with Gasteiger partial charge in [0.25, 0.3) is 0 Å². The Morgan fingerprint density at radius 3 is 2.87 bits per heavy atom. The third-order valence-corrected chi connectivity index (χ3v) is 2.93. The molecule has 1 unspecified atom stereocenters. The maximum absolute atomic E-state index is 11.5. The minimum absolute atomic E-state index is 0.0439. The summed E-state index contributed by atoms with van der Waals surface area (Å²) in [6.45, 7) is 2.33. The average Bonchev–Trinajstić information content (AvgIpc) is 2.91. The van der Waals surface area contributed by atoms with Crippen molar-refractivity contribution < 1.29 is 19.4 Å². The van der Waals surface area contributed by atoms with E-state index in [1.165, 1.54) is 0 Å². The van der Waals surface area contributed by atoms with E-state index < -0.39 is 11.6 Å². The molecule has 1 heterocycles. The topological polar surface area (TPSA) is 66.8 Å². The monoisotopic (exact) mass is 213 g/mol. The Hall–Kier alpha value is -1.26. The normalized spacial score (nSPS) is 30.5. The molecular weight excluding hydrogens is 198 g/mol. The largest absolute Gasteiger partial charge is 0.481 e. The Labute approximate surface area is 88.0 Å². The van der Waals surface area contributed by atoms with Crippen LogP contribution in [0.5, 0.6) is 0 Å². The number of cyclic esters (lactones) is 1. The Morgan fingerprint density at radius 2 is 2.33 bits per heavy atom. The van der Waals surface area contributed by atoms with Crippen molar-refractivity contribution in [2.45, 2.75) is 44.2 Å². The van der Waals surface area contributed by atoms with Gasteiger partial charge in [-0.1, -0.05) is 0 Å². The molecule has 0 aromatic carbocycles. The first-order valence-electron chi connectivity index (χ1n) is 5.22. The second kappa shape index (κ2) is 3.40. The van der Waals surface area contributed by atoms with Crippen molar-refractivity contribution in [2.24, 2.45) is 0 Å². The zero-order chi connectivity index (χ0) is 11.1. The van der Waals surface area contributed by atoms with Gasteiger partial charge in [0, 0.05) is 12.5 Å². The van der Waals surface area contributed by atoms with E-state index in [9.17, 15) is 9.59 Å². The smallest absolute Gasteiger partial charge is 0.410 e. The van der Waals surface area contributed by atoms with E-state index in [-0.39, 0.29) is 12.5 Å². The molecule has 1 atom stereocenters. The van der Waals surface area contributed by atoms with Crippen LogP contribution in [-0.4, -0.2) is 40.3 Å². The second-order valence-corrected chi connectivity index (χ2v) is 4.57. The van der Waals surface area contributed by atoms with Gasteiger partial charge in [-0.15, -0.1) is 0 Å². The lowest BCUT2D eigenvalue weighted by Crippen LogP contribution is -2.33. The van der Waals surface area contributed by atoms with E-state index in [0.29, 0.717) is 19.0 Å². The Kier molecular flexibility index (Phi) is 2.32. The number of amides is 1. The van der Waals surface area contributed by atoms with E-state index in [4.69, 9.17) is 9.84 Å². The van der Waals surface area contributed by atoms with Gasteiger partial charge in [-0.3, -0.25) is 4.79 Å². The van der Waals surface area contributed by atoms with Crippen LogP contribution >= 0.6 is 0 Å². The summed E-state index contributed by atoms with van der Waals surface area (Å²) in [4.78, 5) is 23.6. The van der Waals surface area contributed by atoms with Gasteiger partial charge in [-0.05, 0) is 26.2 Å². The van der Waals surface area contributed by atoms with Crippen LogP contribution in [0.4, 0.5) is 4.79 Å². The molecule has 1 aliphatic heterocycles. The van der Waals surface area contributed by atoms with Crippen LogP contribution in [0.1, 0.15) is 32.6 Å². The highest BCUT2D eigenvalue weighted by molar-refractivity contribution is 5.72. The number of aliphatic carboxylic acids is 1. The van der Waals surface area contributed by atoms with Gasteiger partial charge in [0.1, 0.15) is 5.60 Å². The molecule has 5 heteroatoms. The van der Waals surface area contributed by atoms with E-state index in [2.05, 4.69) is 0 Å². The molecule has 2 aliphatic rings. The Bertz CT molecular complexity index is 300. The number of nitrogens with zero attached hydrogens (tertiary/aromatic N) is 1. The summed E-state index contributed by atoms with van der Waals surface area (Å²) in [5, 5.41) is 8.59. The number of carboxylic acid groups (broad SMARTS) is 1. The van der Waals surface area contributed by atoms with Crippen LogP contribution in [0, 0.1) is 0 Å². The van der Waals surface area contributed by atoms with Crippen molar-refractivity contribution in [3.8, 4) is 0 Å². The predicted octanol–water partition coefficient (Wildman–Crippen LogP) is 1.22. The lowest BCUT2D eigenvalue weighted by Gasteiger charge is -2.20. The molecule has 0 spiro atoms. The molecule has 2 rings (SSSR count). The van der Waals surface area contributed by atoms with Crippen LogP contribution in [0.15, 0.2) is 0 Å². The molecule has 0 radical (unpaired) electrons. The number of carbonyl (C=O) groups is 2. The van der Waals surface area contributed by atoms with Gasteiger partial charge in [0.05, 0.1) is 6.54 Å². The number of hydrogen-bond donors (Lipinski definition) is 1. The SMILES string of the molecule is CC1(CCC(=O)O)CN(C2CC2)C(=O)O1. The van der Waals surface area contributed by atoms with Crippen LogP contribution in [0.2, 0.25) is 0 Å². The molecule has 1 saturated heterocycles. The first kappa shape index (κ1) is 10.3. The van der Waals surface area contributed by atoms with Crippen LogP contribution in [-0.2, 0) is 9.53 Å². The van der Waals surface area contributed by atoms with Gasteiger partial charge < -0.3 is 14.7 Å². The van der Waals surface area contributed by atoms with E-state index >= 15 is 0 Å². The third-order valence-electron chi connectivity index (χ3n) is 2.93. The number of hydrogen-bond acceptors (Lipinski definition) is 3. The lowest BCUT2D eigenvalue weighted by atomic mass is 10.0. The van der Waals surface area contributed by atoms with Gasteiger partial charge in [0.2, 0.25) is 0 Å². The van der Waals surface area contributed by atoms with Gasteiger partial charge in [-0.2, -0.15) is 0 Å². The predicted molar refractivity (Wildman–Crippen MR) is 51.5 cm³/mol. The quantitative estimate of drug-likeness (QED) is 0.762. The minimum atomic E-state index is -0.850. The molecule has 2 fully saturated rings. The fourth-order valence-corrected chi connectivity index (χ4v) is 1.89. The van der Waals surface area contributed by atoms with Gasteiger partial charge in [0.15, 0.2) is 0 Å². The molecule has 1 amide bonds. The molecular formula is C10H15NO4. The zero-order valence-electron chi connectivity index (χ0n) is 8.73. The second-order valence-electron chi connectivity index (χ2n) is 4.57. The molecule has 1 N–H and O–H groups in total. The maximum atomic E-state index is 11.5. The van der Waals surface area contributed by atoms with Crippen molar-refractivity contribution >= 4 is 12.1 Å². The summed E-state index contributed by atoms with van der Waals surface area (Å²) in [6.07, 6.45) is 2.23. The fourth-order valence-electron chi connectivity index (χ4n) is 1.89. The average molecular weight is 213 g/mol. The van der Waals surface area contributed by atoms with Gasteiger partial charge in [-0.25, -0.2) is 4.79 Å². The first-order chi connectivity index (χ1) is 7.00. The molecule has 15 heavy (non-hydrogen) atoms. The maximum Gasteiger partial charge on any atom is 0.410 e. The van der Waals surface area contributed by atoms with Crippen LogP contribution < -0.4 is 0 Å². The summed E-state index contributed by atoms with van der Waals surface area (Å²) >= 11 is 0. The Morgan fingerprint density at radius 1 is 1.67 bits per heavy atom. The number of ether oxygens (including phenoxy) is 1. The van der Waals surface area contributed by atoms with Crippen molar-refractivity contribution in [3.63, 3.8) is 0 Å². The zero-order valence-corrected chi connectivity index (χ0v) is 8.73. The van der Waals surface area contributed by atoms with E-state index in [1.54, 1.807) is 11.8 Å². The van der Waals surface area contributed by atoms with Crippen LogP contribution in [0.3, 0.4) is 0 Å². The fraction of sp³-hybridized carbons (Fsp3) is 0.800. The number of rotatable bonds is 4. The number of carboxylic acids is 1. The third kappa shape index (κ3) is 2.22. The molecule has 1 aliphatic carbocycles. The summed E-state index contributed by atoms with van der Waals surface area (Å²) in [5.41, 5.74) is -0.613. The molecule has 1 saturated carbocycles. The van der Waals surface area contributed by atoms with Gasteiger partial charge >= 0.3 is 12.1 Å². The van der Waals surface area contributed by atoms with Crippen LogP contribution in [0.25, 0.3) is 0 Å². The first-order valence-corrected chi connectivity index (χ1v) is 5.22. The summed E-state index contributed by atoms with van der Waals surface area (Å²) < 4.78 is 5.24. The highest BCUT2D eigenvalue weighted by Gasteiger charge is 2.46.